The van der Waals surface area contributed by atoms with Gasteiger partial charge in [0.2, 0.25) is 0 Å². The number of hydrogen-bond donors (Lipinski definition) is 1. The highest BCUT2D eigenvalue weighted by Gasteiger charge is 2.12. The summed E-state index contributed by atoms with van der Waals surface area (Å²) in [7, 11) is 1.52. The number of hydrogen-bond acceptors (Lipinski definition) is 3. The van der Waals surface area contributed by atoms with E-state index in [-0.39, 0.29) is 0 Å². The number of primary amides is 1. The van der Waals surface area contributed by atoms with E-state index in [4.69, 9.17) is 10.5 Å². The zero-order valence-electron chi connectivity index (χ0n) is 7.53. The van der Waals surface area contributed by atoms with E-state index in [1.807, 2.05) is 18.4 Å². The fraction of sp³-hybridized carbons (Fsp3) is 0.222. The first kappa shape index (κ1) is 9.92. The maximum absolute atomic E-state index is 11.1. The predicted molar refractivity (Wildman–Crippen MR) is 53.3 cm³/mol. The third kappa shape index (κ3) is 1.95. The topological polar surface area (TPSA) is 52.3 Å². The molecule has 3 nitrogen and oxygen atoms in total. The van der Waals surface area contributed by atoms with Gasteiger partial charge < -0.3 is 10.5 Å². The lowest BCUT2D eigenvalue weighted by molar-refractivity contribution is 0.0994. The van der Waals surface area contributed by atoms with E-state index in [1.54, 1.807) is 6.07 Å². The Kier molecular flexibility index (Phi) is 3.19. The molecule has 0 saturated heterocycles. The van der Waals surface area contributed by atoms with Crippen molar-refractivity contribution in [2.24, 2.45) is 5.73 Å². The van der Waals surface area contributed by atoms with Crippen LogP contribution in [0.15, 0.2) is 23.1 Å². The van der Waals surface area contributed by atoms with Crippen LogP contribution in [0.1, 0.15) is 10.4 Å². The summed E-state index contributed by atoms with van der Waals surface area (Å²) in [5, 5.41) is 0. The molecule has 0 atom stereocenters. The van der Waals surface area contributed by atoms with E-state index >= 15 is 0 Å². The lowest BCUT2D eigenvalue weighted by Crippen LogP contribution is -2.13. The molecule has 2 N–H and O–H groups in total. The van der Waals surface area contributed by atoms with Crippen molar-refractivity contribution in [3.8, 4) is 5.75 Å². The Morgan fingerprint density at radius 3 is 2.69 bits per heavy atom. The van der Waals surface area contributed by atoms with Crippen LogP contribution in [-0.2, 0) is 0 Å². The van der Waals surface area contributed by atoms with Gasteiger partial charge in [0, 0.05) is 4.90 Å². The van der Waals surface area contributed by atoms with Gasteiger partial charge in [-0.15, -0.1) is 11.8 Å². The number of amides is 1. The van der Waals surface area contributed by atoms with E-state index in [2.05, 4.69) is 0 Å². The molecule has 0 aliphatic carbocycles. The third-order valence-corrected chi connectivity index (χ3v) is 2.45. The number of carbonyl (C=O) groups excluding carboxylic acids is 1. The summed E-state index contributed by atoms with van der Waals surface area (Å²) in [6, 6.07) is 5.39. The zero-order valence-corrected chi connectivity index (χ0v) is 8.35. The van der Waals surface area contributed by atoms with Crippen LogP contribution in [0.25, 0.3) is 0 Å². The second-order valence-corrected chi connectivity index (χ2v) is 3.25. The van der Waals surface area contributed by atoms with Crippen molar-refractivity contribution in [3.63, 3.8) is 0 Å². The first-order valence-electron chi connectivity index (χ1n) is 3.71. The Hall–Kier alpha value is -1.16. The molecule has 1 aromatic rings. The molecule has 70 valence electrons. The predicted octanol–water partition coefficient (Wildman–Crippen LogP) is 1.52. The van der Waals surface area contributed by atoms with Gasteiger partial charge in [-0.05, 0) is 18.4 Å². The van der Waals surface area contributed by atoms with Gasteiger partial charge in [-0.25, -0.2) is 0 Å². The van der Waals surface area contributed by atoms with Crippen molar-refractivity contribution >= 4 is 17.7 Å². The Morgan fingerprint density at radius 2 is 2.23 bits per heavy atom. The SMILES string of the molecule is COc1cccc(SC)c1C(N)=O. The van der Waals surface area contributed by atoms with Crippen LogP contribution in [-0.4, -0.2) is 19.3 Å². The van der Waals surface area contributed by atoms with Crippen molar-refractivity contribution in [1.82, 2.24) is 0 Å². The Balaban J connectivity index is 3.29. The minimum Gasteiger partial charge on any atom is -0.496 e. The first-order valence-corrected chi connectivity index (χ1v) is 4.94. The van der Waals surface area contributed by atoms with Gasteiger partial charge in [0.05, 0.1) is 12.7 Å². The molecule has 0 spiro atoms. The Labute approximate surface area is 81.3 Å². The number of nitrogens with two attached hydrogens (primary N) is 1. The first-order chi connectivity index (χ1) is 6.20. The van der Waals surface area contributed by atoms with Crippen LogP contribution in [0.4, 0.5) is 0 Å². The van der Waals surface area contributed by atoms with E-state index < -0.39 is 5.91 Å². The second kappa shape index (κ2) is 4.18. The fourth-order valence-electron chi connectivity index (χ4n) is 1.09. The largest absolute Gasteiger partial charge is 0.496 e. The standard InChI is InChI=1S/C9H11NO2S/c1-12-6-4-3-5-7(13-2)8(6)9(10)11/h3-5H,1-2H3,(H2,10,11). The van der Waals surface area contributed by atoms with Crippen molar-refractivity contribution in [2.75, 3.05) is 13.4 Å². The summed E-state index contributed by atoms with van der Waals surface area (Å²) < 4.78 is 5.03. The summed E-state index contributed by atoms with van der Waals surface area (Å²) in [5.74, 6) is 0.0705. The molecule has 0 aliphatic heterocycles. The Bertz CT molecular complexity index is 303. The molecule has 13 heavy (non-hydrogen) atoms. The highest BCUT2D eigenvalue weighted by atomic mass is 32.2. The van der Waals surface area contributed by atoms with Crippen LogP contribution in [0.2, 0.25) is 0 Å². The lowest BCUT2D eigenvalue weighted by Gasteiger charge is -2.08. The highest BCUT2D eigenvalue weighted by Crippen LogP contribution is 2.27. The molecule has 1 amide bonds. The maximum atomic E-state index is 11.1. The van der Waals surface area contributed by atoms with Crippen LogP contribution < -0.4 is 10.5 Å². The number of thioether (sulfide) groups is 1. The molecule has 0 saturated carbocycles. The van der Waals surface area contributed by atoms with Gasteiger partial charge >= 0.3 is 0 Å². The third-order valence-electron chi connectivity index (χ3n) is 1.67. The molecule has 0 radical (unpaired) electrons. The number of rotatable bonds is 3. The van der Waals surface area contributed by atoms with Crippen molar-refractivity contribution < 1.29 is 9.53 Å². The van der Waals surface area contributed by atoms with Crippen LogP contribution in [0.5, 0.6) is 5.75 Å². The molecule has 0 fully saturated rings. The average molecular weight is 197 g/mol. The molecule has 0 aliphatic rings. The monoisotopic (exact) mass is 197 g/mol. The summed E-state index contributed by atoms with van der Waals surface area (Å²) in [6.45, 7) is 0. The second-order valence-electron chi connectivity index (χ2n) is 2.40. The van der Waals surface area contributed by atoms with Gasteiger partial charge in [-0.2, -0.15) is 0 Å². The van der Waals surface area contributed by atoms with Crippen LogP contribution in [0, 0.1) is 0 Å². The fourth-order valence-corrected chi connectivity index (χ4v) is 1.71. The smallest absolute Gasteiger partial charge is 0.253 e. The molecule has 0 unspecified atom stereocenters. The van der Waals surface area contributed by atoms with Gasteiger partial charge in [-0.1, -0.05) is 6.07 Å². The van der Waals surface area contributed by atoms with E-state index in [0.29, 0.717) is 11.3 Å². The minimum atomic E-state index is -0.457. The molecule has 1 aromatic carbocycles. The normalized spacial score (nSPS) is 9.69. The van der Waals surface area contributed by atoms with Crippen LogP contribution >= 0.6 is 11.8 Å². The van der Waals surface area contributed by atoms with Crippen molar-refractivity contribution in [2.45, 2.75) is 4.90 Å². The van der Waals surface area contributed by atoms with Gasteiger partial charge in [-0.3, -0.25) is 4.79 Å². The number of ether oxygens (including phenoxy) is 1. The molecule has 4 heteroatoms. The van der Waals surface area contributed by atoms with E-state index in [1.165, 1.54) is 18.9 Å². The quantitative estimate of drug-likeness (QED) is 0.747. The van der Waals surface area contributed by atoms with Crippen molar-refractivity contribution in [1.29, 1.82) is 0 Å². The molecular formula is C9H11NO2S. The maximum Gasteiger partial charge on any atom is 0.253 e. The summed E-state index contributed by atoms with van der Waals surface area (Å²) in [4.78, 5) is 11.9. The number of methoxy groups -OCH3 is 1. The average Bonchev–Trinajstić information content (AvgIpc) is 2.16. The molecular weight excluding hydrogens is 186 g/mol. The number of carbonyl (C=O) groups is 1. The molecule has 1 rings (SSSR count). The van der Waals surface area contributed by atoms with E-state index in [9.17, 15) is 4.79 Å². The summed E-state index contributed by atoms with van der Waals surface area (Å²) >= 11 is 1.47. The minimum absolute atomic E-state index is 0.456. The molecule has 0 heterocycles. The Morgan fingerprint density at radius 1 is 1.54 bits per heavy atom. The highest BCUT2D eigenvalue weighted by molar-refractivity contribution is 7.98. The van der Waals surface area contributed by atoms with Crippen LogP contribution in [0.3, 0.4) is 0 Å². The number of benzene rings is 1. The summed E-state index contributed by atoms with van der Waals surface area (Å²) in [5.41, 5.74) is 5.69. The molecule has 0 bridgehead atoms. The van der Waals surface area contributed by atoms with Gasteiger partial charge in [0.1, 0.15) is 5.75 Å². The zero-order chi connectivity index (χ0) is 9.84. The lowest BCUT2D eigenvalue weighted by atomic mass is 10.2. The van der Waals surface area contributed by atoms with Crippen molar-refractivity contribution in [3.05, 3.63) is 23.8 Å². The van der Waals surface area contributed by atoms with E-state index in [0.717, 1.165) is 4.90 Å². The van der Waals surface area contributed by atoms with Gasteiger partial charge in [0.15, 0.2) is 0 Å². The van der Waals surface area contributed by atoms with Gasteiger partial charge in [0.25, 0.3) is 5.91 Å². The molecule has 0 aromatic heterocycles. The summed E-state index contributed by atoms with van der Waals surface area (Å²) in [6.07, 6.45) is 1.89.